The van der Waals surface area contributed by atoms with Crippen LogP contribution in [0.3, 0.4) is 0 Å². The first-order valence-electron chi connectivity index (χ1n) is 6.76. The van der Waals surface area contributed by atoms with Gasteiger partial charge in [-0.25, -0.2) is 8.78 Å². The van der Waals surface area contributed by atoms with E-state index in [-0.39, 0.29) is 30.5 Å². The van der Waals surface area contributed by atoms with Crippen LogP contribution in [0, 0.1) is 17.6 Å². The molecule has 1 aliphatic heterocycles. The van der Waals surface area contributed by atoms with E-state index in [9.17, 15) is 13.6 Å². The topological polar surface area (TPSA) is 58.4 Å². The number of piperidine rings is 1. The zero-order valence-corrected chi connectivity index (χ0v) is 12.5. The maximum atomic E-state index is 13.0. The molecule has 2 rings (SSSR count). The van der Waals surface area contributed by atoms with Crippen molar-refractivity contribution in [3.8, 4) is 0 Å². The SMILES string of the molecule is Cl.NCC1CCN(CC(=O)Nc2ccc(F)c(F)c2)CC1. The molecule has 7 heteroatoms. The van der Waals surface area contributed by atoms with Gasteiger partial charge in [0.05, 0.1) is 6.54 Å². The van der Waals surface area contributed by atoms with Crippen molar-refractivity contribution in [2.24, 2.45) is 11.7 Å². The second kappa shape index (κ2) is 8.26. The van der Waals surface area contributed by atoms with Crippen LogP contribution in [-0.2, 0) is 4.79 Å². The maximum Gasteiger partial charge on any atom is 0.238 e. The molecule has 0 unspecified atom stereocenters. The Labute approximate surface area is 129 Å². The summed E-state index contributed by atoms with van der Waals surface area (Å²) in [4.78, 5) is 13.9. The van der Waals surface area contributed by atoms with Crippen molar-refractivity contribution in [2.75, 3.05) is 31.5 Å². The van der Waals surface area contributed by atoms with Gasteiger partial charge in [0.25, 0.3) is 0 Å². The summed E-state index contributed by atoms with van der Waals surface area (Å²) in [6.07, 6.45) is 1.99. The fraction of sp³-hybridized carbons (Fsp3) is 0.500. The van der Waals surface area contributed by atoms with E-state index in [1.807, 2.05) is 4.90 Å². The van der Waals surface area contributed by atoms with E-state index in [2.05, 4.69) is 5.32 Å². The number of rotatable bonds is 4. The fourth-order valence-electron chi connectivity index (χ4n) is 2.36. The Balaban J connectivity index is 0.00000220. The lowest BCUT2D eigenvalue weighted by atomic mass is 9.97. The summed E-state index contributed by atoms with van der Waals surface area (Å²) in [5.74, 6) is -1.57. The molecule has 0 aliphatic carbocycles. The first kappa shape index (κ1) is 17.8. The number of amides is 1. The predicted octanol–water partition coefficient (Wildman–Crippen LogP) is 2.00. The molecule has 1 aromatic carbocycles. The standard InChI is InChI=1S/C14H19F2N3O.ClH/c15-12-2-1-11(7-13(12)16)18-14(20)9-19-5-3-10(8-17)4-6-19;/h1-2,7,10H,3-6,8-9,17H2,(H,18,20);1H. The average Bonchev–Trinajstić information content (AvgIpc) is 2.44. The lowest BCUT2D eigenvalue weighted by Crippen LogP contribution is -2.40. The molecule has 0 spiro atoms. The molecule has 21 heavy (non-hydrogen) atoms. The summed E-state index contributed by atoms with van der Waals surface area (Å²) in [6, 6.07) is 3.32. The van der Waals surface area contributed by atoms with Crippen LogP contribution in [-0.4, -0.2) is 37.0 Å². The van der Waals surface area contributed by atoms with Gasteiger partial charge in [-0.3, -0.25) is 9.69 Å². The highest BCUT2D eigenvalue weighted by molar-refractivity contribution is 5.92. The summed E-state index contributed by atoms with van der Waals surface area (Å²) in [5.41, 5.74) is 5.88. The van der Waals surface area contributed by atoms with Crippen molar-refractivity contribution in [1.82, 2.24) is 4.90 Å². The number of nitrogens with one attached hydrogen (secondary N) is 1. The minimum atomic E-state index is -0.966. The van der Waals surface area contributed by atoms with Gasteiger partial charge in [-0.1, -0.05) is 0 Å². The summed E-state index contributed by atoms with van der Waals surface area (Å²) < 4.78 is 25.8. The van der Waals surface area contributed by atoms with Gasteiger partial charge in [0.1, 0.15) is 0 Å². The number of nitrogens with two attached hydrogens (primary N) is 1. The molecule has 1 aromatic rings. The van der Waals surface area contributed by atoms with Crippen LogP contribution in [0.4, 0.5) is 14.5 Å². The number of hydrogen-bond donors (Lipinski definition) is 2. The summed E-state index contributed by atoms with van der Waals surface area (Å²) >= 11 is 0. The third kappa shape index (κ3) is 5.22. The van der Waals surface area contributed by atoms with Gasteiger partial charge in [-0.05, 0) is 50.5 Å². The molecule has 0 atom stereocenters. The maximum absolute atomic E-state index is 13.0. The molecule has 3 N–H and O–H groups in total. The lowest BCUT2D eigenvalue weighted by Gasteiger charge is -2.30. The Hall–Kier alpha value is -1.24. The smallest absolute Gasteiger partial charge is 0.238 e. The van der Waals surface area contributed by atoms with E-state index < -0.39 is 11.6 Å². The van der Waals surface area contributed by atoms with Gasteiger partial charge in [0.2, 0.25) is 5.91 Å². The van der Waals surface area contributed by atoms with E-state index in [4.69, 9.17) is 5.73 Å². The Morgan fingerprint density at radius 2 is 1.95 bits per heavy atom. The van der Waals surface area contributed by atoms with Crippen LogP contribution in [0.5, 0.6) is 0 Å². The zero-order valence-electron chi connectivity index (χ0n) is 11.6. The van der Waals surface area contributed by atoms with Gasteiger partial charge < -0.3 is 11.1 Å². The van der Waals surface area contributed by atoms with Crippen LogP contribution in [0.15, 0.2) is 18.2 Å². The molecule has 4 nitrogen and oxygen atoms in total. The molecule has 1 saturated heterocycles. The van der Waals surface area contributed by atoms with E-state index in [1.165, 1.54) is 6.07 Å². The van der Waals surface area contributed by atoms with E-state index in [1.54, 1.807) is 0 Å². The van der Waals surface area contributed by atoms with Crippen molar-refractivity contribution in [2.45, 2.75) is 12.8 Å². The summed E-state index contributed by atoms with van der Waals surface area (Å²) in [6.45, 7) is 2.63. The fourth-order valence-corrected chi connectivity index (χ4v) is 2.36. The van der Waals surface area contributed by atoms with Gasteiger partial charge >= 0.3 is 0 Å². The highest BCUT2D eigenvalue weighted by Crippen LogP contribution is 2.16. The van der Waals surface area contributed by atoms with E-state index in [0.29, 0.717) is 12.5 Å². The van der Waals surface area contributed by atoms with Crippen molar-refractivity contribution in [3.05, 3.63) is 29.8 Å². The second-order valence-corrected chi connectivity index (χ2v) is 5.13. The average molecular weight is 320 g/mol. The minimum Gasteiger partial charge on any atom is -0.330 e. The molecule has 1 amide bonds. The van der Waals surface area contributed by atoms with Crippen molar-refractivity contribution >= 4 is 24.0 Å². The summed E-state index contributed by atoms with van der Waals surface area (Å²) in [7, 11) is 0. The van der Waals surface area contributed by atoms with Crippen LogP contribution in [0.2, 0.25) is 0 Å². The predicted molar refractivity (Wildman–Crippen MR) is 80.5 cm³/mol. The highest BCUT2D eigenvalue weighted by Gasteiger charge is 2.19. The molecule has 1 heterocycles. The molecule has 1 aliphatic rings. The highest BCUT2D eigenvalue weighted by atomic mass is 35.5. The third-order valence-electron chi connectivity index (χ3n) is 3.61. The molecule has 118 valence electrons. The normalized spacial score (nSPS) is 16.3. The Kier molecular flexibility index (Phi) is 7.01. The second-order valence-electron chi connectivity index (χ2n) is 5.13. The van der Waals surface area contributed by atoms with Crippen molar-refractivity contribution < 1.29 is 13.6 Å². The molecular weight excluding hydrogens is 300 g/mol. The quantitative estimate of drug-likeness (QED) is 0.892. The Morgan fingerprint density at radius 1 is 1.29 bits per heavy atom. The van der Waals surface area contributed by atoms with Crippen LogP contribution < -0.4 is 11.1 Å². The number of benzene rings is 1. The number of hydrogen-bond acceptors (Lipinski definition) is 3. The van der Waals surface area contributed by atoms with Gasteiger partial charge in [0, 0.05) is 11.8 Å². The molecule has 0 bridgehead atoms. The van der Waals surface area contributed by atoms with Crippen molar-refractivity contribution in [1.29, 1.82) is 0 Å². The zero-order chi connectivity index (χ0) is 14.5. The van der Waals surface area contributed by atoms with Crippen LogP contribution >= 0.6 is 12.4 Å². The summed E-state index contributed by atoms with van der Waals surface area (Å²) in [5, 5.41) is 2.57. The first-order valence-corrected chi connectivity index (χ1v) is 6.76. The van der Waals surface area contributed by atoms with Crippen LogP contribution in [0.25, 0.3) is 0 Å². The number of likely N-dealkylation sites (tertiary alicyclic amines) is 1. The van der Waals surface area contributed by atoms with Gasteiger partial charge in [-0.2, -0.15) is 0 Å². The molecular formula is C14H20ClF2N3O. The number of nitrogens with zero attached hydrogens (tertiary/aromatic N) is 1. The number of carbonyl (C=O) groups excluding carboxylic acids is 1. The number of anilines is 1. The molecule has 0 aromatic heterocycles. The first-order chi connectivity index (χ1) is 9.58. The van der Waals surface area contributed by atoms with Crippen LogP contribution in [0.1, 0.15) is 12.8 Å². The van der Waals surface area contributed by atoms with E-state index in [0.717, 1.165) is 38.1 Å². The minimum absolute atomic E-state index is 0. The number of carbonyl (C=O) groups is 1. The Bertz CT molecular complexity index is 479. The molecule has 0 saturated carbocycles. The monoisotopic (exact) mass is 319 g/mol. The van der Waals surface area contributed by atoms with Gasteiger partial charge in [-0.15, -0.1) is 12.4 Å². The van der Waals surface area contributed by atoms with E-state index >= 15 is 0 Å². The van der Waals surface area contributed by atoms with Crippen molar-refractivity contribution in [3.63, 3.8) is 0 Å². The molecule has 1 fully saturated rings. The Morgan fingerprint density at radius 3 is 2.52 bits per heavy atom. The lowest BCUT2D eigenvalue weighted by molar-refractivity contribution is -0.117. The number of halogens is 3. The van der Waals surface area contributed by atoms with Gasteiger partial charge in [0.15, 0.2) is 11.6 Å². The third-order valence-corrected chi connectivity index (χ3v) is 3.61. The largest absolute Gasteiger partial charge is 0.330 e. The molecule has 0 radical (unpaired) electrons.